The molecule has 0 aromatic rings. The zero-order valence-electron chi connectivity index (χ0n) is 20.3. The van der Waals surface area contributed by atoms with Crippen molar-refractivity contribution in [3.63, 3.8) is 0 Å². The molecule has 0 radical (unpaired) electrons. The summed E-state index contributed by atoms with van der Waals surface area (Å²) in [7, 11) is 0. The van der Waals surface area contributed by atoms with Crippen LogP contribution in [0.5, 0.6) is 0 Å². The molecule has 0 bridgehead atoms. The van der Waals surface area contributed by atoms with E-state index in [2.05, 4.69) is 9.98 Å². The molecule has 0 aromatic carbocycles. The first kappa shape index (κ1) is 39.8. The quantitative estimate of drug-likeness (QED) is 0.0853. The summed E-state index contributed by atoms with van der Waals surface area (Å²) < 4.78 is 0. The van der Waals surface area contributed by atoms with Crippen molar-refractivity contribution in [3.8, 4) is 0 Å². The highest BCUT2D eigenvalue weighted by atomic mass is 16.4. The molecular weight excluding hydrogens is 484 g/mol. The summed E-state index contributed by atoms with van der Waals surface area (Å²) in [5, 5.41) is 48.2. The van der Waals surface area contributed by atoms with Crippen LogP contribution in [0.3, 0.4) is 0 Å². The van der Waals surface area contributed by atoms with Crippen LogP contribution in [-0.4, -0.2) is 93.0 Å². The molecule has 0 amide bonds. The molecule has 0 aromatic heterocycles. The SMILES string of the molecule is O=C(O)CCC(=O)O.O=C(O)CCCCC(=O)O.O=C=NCCCCCCN=C=O.OCCCCO. The lowest BCUT2D eigenvalue weighted by molar-refractivity contribution is -0.143. The Bertz CT molecular complexity index is 601. The van der Waals surface area contributed by atoms with Gasteiger partial charge in [0.1, 0.15) is 0 Å². The topological polar surface area (TPSA) is 249 Å². The lowest BCUT2D eigenvalue weighted by atomic mass is 10.2. The van der Waals surface area contributed by atoms with Crippen LogP contribution in [-0.2, 0) is 28.8 Å². The van der Waals surface area contributed by atoms with Gasteiger partial charge in [-0.1, -0.05) is 12.8 Å². The highest BCUT2D eigenvalue weighted by molar-refractivity contribution is 5.75. The number of aliphatic hydroxyl groups is 2. The first-order valence-corrected chi connectivity index (χ1v) is 11.2. The molecule has 0 saturated carbocycles. The summed E-state index contributed by atoms with van der Waals surface area (Å²) in [4.78, 5) is 65.2. The Morgan fingerprint density at radius 1 is 0.472 bits per heavy atom. The summed E-state index contributed by atoms with van der Waals surface area (Å²) >= 11 is 0. The second-order valence-electron chi connectivity index (χ2n) is 6.80. The molecule has 0 heterocycles. The van der Waals surface area contributed by atoms with Gasteiger partial charge in [0.05, 0.1) is 25.9 Å². The minimum absolute atomic E-state index is 0.0628. The summed E-state index contributed by atoms with van der Waals surface area (Å²) in [6, 6.07) is 0. The summed E-state index contributed by atoms with van der Waals surface area (Å²) in [6.07, 6.45) is 8.66. The molecule has 0 aliphatic carbocycles. The summed E-state index contributed by atoms with van der Waals surface area (Å²) in [5.74, 6) is -3.89. The van der Waals surface area contributed by atoms with Gasteiger partial charge in [0.25, 0.3) is 0 Å². The Morgan fingerprint density at radius 3 is 1.00 bits per heavy atom. The van der Waals surface area contributed by atoms with Gasteiger partial charge in [0, 0.05) is 26.1 Å². The maximum Gasteiger partial charge on any atom is 0.303 e. The molecule has 0 saturated heterocycles. The molecule has 0 unspecified atom stereocenters. The van der Waals surface area contributed by atoms with Gasteiger partial charge in [-0.3, -0.25) is 19.2 Å². The number of carbonyl (C=O) groups is 4. The van der Waals surface area contributed by atoms with Crippen LogP contribution in [0.2, 0.25) is 0 Å². The minimum Gasteiger partial charge on any atom is -0.481 e. The van der Waals surface area contributed by atoms with Crippen molar-refractivity contribution in [1.29, 1.82) is 0 Å². The van der Waals surface area contributed by atoms with Crippen LogP contribution >= 0.6 is 0 Å². The van der Waals surface area contributed by atoms with Gasteiger partial charge < -0.3 is 30.6 Å². The van der Waals surface area contributed by atoms with Crippen LogP contribution in [0.4, 0.5) is 0 Å². The van der Waals surface area contributed by atoms with Gasteiger partial charge in [0.2, 0.25) is 12.2 Å². The molecule has 36 heavy (non-hydrogen) atoms. The third-order valence-corrected chi connectivity index (χ3v) is 3.57. The second-order valence-corrected chi connectivity index (χ2v) is 6.80. The Morgan fingerprint density at radius 2 is 0.778 bits per heavy atom. The molecule has 0 aliphatic rings. The first-order chi connectivity index (χ1) is 17.1. The van der Waals surface area contributed by atoms with Crippen molar-refractivity contribution in [2.75, 3.05) is 26.3 Å². The fourth-order valence-electron chi connectivity index (χ4n) is 1.82. The largest absolute Gasteiger partial charge is 0.481 e. The van der Waals surface area contributed by atoms with Gasteiger partial charge in [-0.2, -0.15) is 0 Å². The summed E-state index contributed by atoms with van der Waals surface area (Å²) in [5.41, 5.74) is 0. The first-order valence-electron chi connectivity index (χ1n) is 11.2. The molecule has 0 rings (SSSR count). The maximum atomic E-state index is 9.90. The van der Waals surface area contributed by atoms with Crippen LogP contribution in [0.1, 0.15) is 77.0 Å². The van der Waals surface area contributed by atoms with Gasteiger partial charge in [-0.05, 0) is 38.5 Å². The maximum absolute atomic E-state index is 9.90. The number of aliphatic imine (C=N–C) groups is 2. The third kappa shape index (κ3) is 63.2. The van der Waals surface area contributed by atoms with E-state index in [9.17, 15) is 28.8 Å². The van der Waals surface area contributed by atoms with E-state index >= 15 is 0 Å². The Kier molecular flexibility index (Phi) is 39.9. The zero-order chi connectivity index (χ0) is 28.5. The Balaban J connectivity index is -0.000000195. The predicted molar refractivity (Wildman–Crippen MR) is 126 cm³/mol. The van der Waals surface area contributed by atoms with Crippen molar-refractivity contribution in [2.45, 2.75) is 77.0 Å². The smallest absolute Gasteiger partial charge is 0.303 e. The van der Waals surface area contributed by atoms with E-state index in [0.29, 0.717) is 25.9 Å². The van der Waals surface area contributed by atoms with Gasteiger partial charge >= 0.3 is 23.9 Å². The number of rotatable bonds is 18. The van der Waals surface area contributed by atoms with Gasteiger partial charge in [-0.15, -0.1) is 0 Å². The van der Waals surface area contributed by atoms with Gasteiger partial charge in [-0.25, -0.2) is 19.6 Å². The number of hydrogen-bond acceptors (Lipinski definition) is 10. The van der Waals surface area contributed by atoms with Crippen LogP contribution in [0, 0.1) is 0 Å². The van der Waals surface area contributed by atoms with Crippen molar-refractivity contribution >= 4 is 36.0 Å². The summed E-state index contributed by atoms with van der Waals surface area (Å²) in [6.45, 7) is 1.50. The molecule has 0 fully saturated rings. The average molecular weight is 523 g/mol. The molecule has 0 atom stereocenters. The van der Waals surface area contributed by atoms with E-state index < -0.39 is 23.9 Å². The van der Waals surface area contributed by atoms with Crippen molar-refractivity contribution in [1.82, 2.24) is 0 Å². The third-order valence-electron chi connectivity index (χ3n) is 3.57. The van der Waals surface area contributed by atoms with E-state index in [1.165, 1.54) is 12.2 Å². The fourth-order valence-corrected chi connectivity index (χ4v) is 1.82. The van der Waals surface area contributed by atoms with Crippen molar-refractivity contribution < 1.29 is 59.4 Å². The second kappa shape index (κ2) is 36.1. The monoisotopic (exact) mass is 522 g/mol. The van der Waals surface area contributed by atoms with Crippen molar-refractivity contribution in [3.05, 3.63) is 0 Å². The van der Waals surface area contributed by atoms with E-state index in [0.717, 1.165) is 38.5 Å². The molecule has 208 valence electrons. The number of hydrogen-bond donors (Lipinski definition) is 6. The molecule has 0 spiro atoms. The minimum atomic E-state index is -1.08. The fraction of sp³-hybridized carbons (Fsp3) is 0.727. The molecule has 14 nitrogen and oxygen atoms in total. The van der Waals surface area contributed by atoms with Crippen LogP contribution < -0.4 is 0 Å². The number of unbranched alkanes of at least 4 members (excludes halogenated alkanes) is 5. The number of carbonyl (C=O) groups excluding carboxylic acids is 2. The van der Waals surface area contributed by atoms with Crippen molar-refractivity contribution in [2.24, 2.45) is 9.98 Å². The number of aliphatic hydroxyl groups excluding tert-OH is 2. The normalized spacial score (nSPS) is 8.72. The number of carboxylic acid groups (broad SMARTS) is 4. The number of carboxylic acids is 4. The number of nitrogens with zero attached hydrogens (tertiary/aromatic N) is 2. The number of aliphatic carboxylic acids is 4. The predicted octanol–water partition coefficient (Wildman–Crippen LogP) is 1.62. The zero-order valence-corrected chi connectivity index (χ0v) is 20.3. The highest BCUT2D eigenvalue weighted by Gasteiger charge is 2.00. The van der Waals surface area contributed by atoms with Gasteiger partial charge in [0.15, 0.2) is 0 Å². The molecule has 0 aliphatic heterocycles. The standard InChI is InChI=1S/C8H12N2O2.C6H10O4.C4H6O4.C4H10O2/c11-7-9-5-3-1-2-4-6-10-8-12;7-5(8)3-1-2-4-6(9)10;5-3(6)1-2-4(7)8;5-3-1-2-4-6/h1-6H2;1-4H2,(H,7,8)(H,9,10);1-2H2,(H,5,6)(H,7,8);5-6H,1-4H2. The van der Waals surface area contributed by atoms with E-state index in [-0.39, 0.29) is 38.9 Å². The molecule has 6 N–H and O–H groups in total. The Labute approximate surface area is 209 Å². The van der Waals surface area contributed by atoms with Crippen LogP contribution in [0.25, 0.3) is 0 Å². The molecular formula is C22H38N2O12. The molecule has 14 heteroatoms. The van der Waals surface area contributed by atoms with E-state index in [1.54, 1.807) is 0 Å². The lowest BCUT2D eigenvalue weighted by Gasteiger charge is -1.93. The highest BCUT2D eigenvalue weighted by Crippen LogP contribution is 1.99. The number of isocyanates is 2. The lowest BCUT2D eigenvalue weighted by Crippen LogP contribution is -2.00. The van der Waals surface area contributed by atoms with E-state index in [1.807, 2.05) is 0 Å². The average Bonchev–Trinajstić information content (AvgIpc) is 2.82. The Hall–Kier alpha value is -3.44. The van der Waals surface area contributed by atoms with E-state index in [4.69, 9.17) is 30.6 Å². The van der Waals surface area contributed by atoms with Crippen LogP contribution in [0.15, 0.2) is 9.98 Å².